The van der Waals surface area contributed by atoms with E-state index in [1.807, 2.05) is 24.3 Å². The van der Waals surface area contributed by atoms with Gasteiger partial charge in [0, 0.05) is 6.04 Å². The molecule has 0 saturated carbocycles. The van der Waals surface area contributed by atoms with Crippen molar-refractivity contribution in [2.75, 3.05) is 19.4 Å². The molecular weight excluding hydrogens is 250 g/mol. The number of rotatable bonds is 2. The van der Waals surface area contributed by atoms with Crippen LogP contribution in [-0.2, 0) is 9.84 Å². The predicted octanol–water partition coefficient (Wildman–Crippen LogP) is 1.53. The number of methoxy groups -OCH3 is 1. The SMILES string of the molecule is COc1ccc(C2NCCCS(=O)(=O)C2C)cc1. The largest absolute Gasteiger partial charge is 0.497 e. The fraction of sp³-hybridized carbons (Fsp3) is 0.538. The van der Waals surface area contributed by atoms with Crippen molar-refractivity contribution in [3.8, 4) is 5.75 Å². The maximum absolute atomic E-state index is 12.0. The molecule has 5 heteroatoms. The van der Waals surface area contributed by atoms with Crippen LogP contribution >= 0.6 is 0 Å². The fourth-order valence-electron chi connectivity index (χ4n) is 2.29. The lowest BCUT2D eigenvalue weighted by atomic mass is 10.0. The molecule has 100 valence electrons. The maximum atomic E-state index is 12.0. The third-order valence-corrected chi connectivity index (χ3v) is 5.74. The fourth-order valence-corrected chi connectivity index (χ4v) is 3.88. The third-order valence-electron chi connectivity index (χ3n) is 3.48. The minimum absolute atomic E-state index is 0.136. The van der Waals surface area contributed by atoms with E-state index >= 15 is 0 Å². The number of sulfone groups is 1. The highest BCUT2D eigenvalue weighted by atomic mass is 32.2. The van der Waals surface area contributed by atoms with Crippen molar-refractivity contribution in [3.05, 3.63) is 29.8 Å². The second-order valence-corrected chi connectivity index (χ2v) is 7.11. The summed E-state index contributed by atoms with van der Waals surface area (Å²) in [5.74, 6) is 1.05. The molecule has 0 aliphatic carbocycles. The number of benzene rings is 1. The average Bonchev–Trinajstić information content (AvgIpc) is 2.50. The predicted molar refractivity (Wildman–Crippen MR) is 71.6 cm³/mol. The lowest BCUT2D eigenvalue weighted by Crippen LogP contribution is -2.32. The minimum atomic E-state index is -3.00. The van der Waals surface area contributed by atoms with Crippen LogP contribution in [0.5, 0.6) is 5.75 Å². The van der Waals surface area contributed by atoms with Gasteiger partial charge in [-0.05, 0) is 37.6 Å². The molecule has 1 aliphatic rings. The molecule has 0 radical (unpaired) electrons. The van der Waals surface area contributed by atoms with Crippen molar-refractivity contribution in [2.24, 2.45) is 0 Å². The van der Waals surface area contributed by atoms with Gasteiger partial charge in [-0.1, -0.05) is 12.1 Å². The Bertz CT molecular complexity index is 495. The van der Waals surface area contributed by atoms with E-state index < -0.39 is 15.1 Å². The summed E-state index contributed by atoms with van der Waals surface area (Å²) in [4.78, 5) is 0. The van der Waals surface area contributed by atoms with Gasteiger partial charge in [-0.3, -0.25) is 0 Å². The summed E-state index contributed by atoms with van der Waals surface area (Å²) in [5.41, 5.74) is 0.994. The molecule has 0 aromatic heterocycles. The van der Waals surface area contributed by atoms with Crippen molar-refractivity contribution in [1.82, 2.24) is 5.32 Å². The standard InChI is InChI=1S/C13H19NO3S/c1-10-13(14-8-3-9-18(10,15)16)11-4-6-12(17-2)7-5-11/h4-7,10,13-14H,3,8-9H2,1-2H3. The van der Waals surface area contributed by atoms with Gasteiger partial charge >= 0.3 is 0 Å². The van der Waals surface area contributed by atoms with E-state index in [9.17, 15) is 8.42 Å². The van der Waals surface area contributed by atoms with Gasteiger partial charge in [0.1, 0.15) is 5.75 Å². The molecule has 1 saturated heterocycles. The summed E-state index contributed by atoms with van der Waals surface area (Å²) in [6.45, 7) is 2.52. The summed E-state index contributed by atoms with van der Waals surface area (Å²) in [6, 6.07) is 7.44. The molecule has 1 heterocycles. The molecule has 1 aliphatic heterocycles. The highest BCUT2D eigenvalue weighted by molar-refractivity contribution is 7.92. The lowest BCUT2D eigenvalue weighted by Gasteiger charge is -2.22. The van der Waals surface area contributed by atoms with Gasteiger partial charge in [0.05, 0.1) is 18.1 Å². The molecule has 1 aromatic rings. The Morgan fingerprint density at radius 1 is 1.28 bits per heavy atom. The molecular formula is C13H19NO3S. The van der Waals surface area contributed by atoms with Crippen molar-refractivity contribution in [2.45, 2.75) is 24.6 Å². The van der Waals surface area contributed by atoms with Crippen molar-refractivity contribution in [3.63, 3.8) is 0 Å². The van der Waals surface area contributed by atoms with Crippen LogP contribution in [0.15, 0.2) is 24.3 Å². The Labute approximate surface area is 108 Å². The highest BCUT2D eigenvalue weighted by Crippen LogP contribution is 2.26. The first kappa shape index (κ1) is 13.4. The molecule has 4 nitrogen and oxygen atoms in total. The van der Waals surface area contributed by atoms with Crippen LogP contribution in [0.2, 0.25) is 0 Å². The van der Waals surface area contributed by atoms with Crippen molar-refractivity contribution < 1.29 is 13.2 Å². The normalized spacial score (nSPS) is 27.4. The topological polar surface area (TPSA) is 55.4 Å². The summed E-state index contributed by atoms with van der Waals surface area (Å²) in [7, 11) is -1.39. The second-order valence-electron chi connectivity index (χ2n) is 4.63. The Morgan fingerprint density at radius 2 is 1.94 bits per heavy atom. The van der Waals surface area contributed by atoms with Gasteiger partial charge in [-0.15, -0.1) is 0 Å². The van der Waals surface area contributed by atoms with E-state index in [2.05, 4.69) is 5.32 Å². The first-order valence-electron chi connectivity index (χ1n) is 6.13. The Balaban J connectivity index is 2.29. The smallest absolute Gasteiger partial charge is 0.154 e. The van der Waals surface area contributed by atoms with Gasteiger partial charge in [-0.25, -0.2) is 8.42 Å². The third kappa shape index (κ3) is 2.67. The quantitative estimate of drug-likeness (QED) is 0.884. The van der Waals surface area contributed by atoms with Crippen LogP contribution in [0.4, 0.5) is 0 Å². The summed E-state index contributed by atoms with van der Waals surface area (Å²) < 4.78 is 29.2. The van der Waals surface area contributed by atoms with Crippen LogP contribution in [0, 0.1) is 0 Å². The van der Waals surface area contributed by atoms with Gasteiger partial charge < -0.3 is 10.1 Å². The van der Waals surface area contributed by atoms with Crippen LogP contribution in [-0.4, -0.2) is 33.1 Å². The molecule has 18 heavy (non-hydrogen) atoms. The van der Waals surface area contributed by atoms with E-state index in [1.54, 1.807) is 14.0 Å². The summed E-state index contributed by atoms with van der Waals surface area (Å²) >= 11 is 0. The first-order valence-corrected chi connectivity index (χ1v) is 7.85. The van der Waals surface area contributed by atoms with Gasteiger partial charge in [0.25, 0.3) is 0 Å². The van der Waals surface area contributed by atoms with Crippen molar-refractivity contribution in [1.29, 1.82) is 0 Å². The summed E-state index contributed by atoms with van der Waals surface area (Å²) in [5, 5.41) is 2.93. The average molecular weight is 269 g/mol. The van der Waals surface area contributed by atoms with E-state index in [0.29, 0.717) is 6.42 Å². The number of ether oxygens (including phenoxy) is 1. The van der Waals surface area contributed by atoms with E-state index in [4.69, 9.17) is 4.74 Å². The molecule has 1 N–H and O–H groups in total. The molecule has 2 atom stereocenters. The Morgan fingerprint density at radius 3 is 2.56 bits per heavy atom. The Kier molecular flexibility index (Phi) is 3.92. The van der Waals surface area contributed by atoms with Crippen molar-refractivity contribution >= 4 is 9.84 Å². The zero-order valence-corrected chi connectivity index (χ0v) is 11.5. The first-order chi connectivity index (χ1) is 8.54. The van der Waals surface area contributed by atoms with Crippen LogP contribution in [0.25, 0.3) is 0 Å². The molecule has 2 unspecified atom stereocenters. The van der Waals surface area contributed by atoms with E-state index in [0.717, 1.165) is 17.9 Å². The zero-order chi connectivity index (χ0) is 13.2. The molecule has 2 rings (SSSR count). The monoisotopic (exact) mass is 269 g/mol. The molecule has 0 bridgehead atoms. The molecule has 1 aromatic carbocycles. The number of hydrogen-bond acceptors (Lipinski definition) is 4. The summed E-state index contributed by atoms with van der Waals surface area (Å²) in [6.07, 6.45) is 0.680. The molecule has 0 spiro atoms. The minimum Gasteiger partial charge on any atom is -0.497 e. The highest BCUT2D eigenvalue weighted by Gasteiger charge is 2.32. The Hall–Kier alpha value is -1.07. The van der Waals surface area contributed by atoms with Gasteiger partial charge in [-0.2, -0.15) is 0 Å². The molecule has 1 fully saturated rings. The van der Waals surface area contributed by atoms with Crippen LogP contribution in [0.3, 0.4) is 0 Å². The lowest BCUT2D eigenvalue weighted by molar-refractivity contribution is 0.414. The van der Waals surface area contributed by atoms with E-state index in [1.165, 1.54) is 0 Å². The van der Waals surface area contributed by atoms with Crippen LogP contribution < -0.4 is 10.1 Å². The zero-order valence-electron chi connectivity index (χ0n) is 10.7. The number of hydrogen-bond donors (Lipinski definition) is 1. The van der Waals surface area contributed by atoms with E-state index in [-0.39, 0.29) is 11.8 Å². The van der Waals surface area contributed by atoms with Gasteiger partial charge in [0.2, 0.25) is 0 Å². The molecule has 0 amide bonds. The van der Waals surface area contributed by atoms with Gasteiger partial charge in [0.15, 0.2) is 9.84 Å². The number of nitrogens with one attached hydrogen (secondary N) is 1. The second kappa shape index (κ2) is 5.28. The van der Waals surface area contributed by atoms with Crippen LogP contribution in [0.1, 0.15) is 24.9 Å². The maximum Gasteiger partial charge on any atom is 0.154 e.